The lowest BCUT2D eigenvalue weighted by Crippen LogP contribution is -2.29. The molecule has 1 N–H and O–H groups in total. The molecular weight excluding hydrogens is 194 g/mol. The van der Waals surface area contributed by atoms with Gasteiger partial charge in [-0.2, -0.15) is 0 Å². The lowest BCUT2D eigenvalue weighted by Gasteiger charge is -2.26. The van der Waals surface area contributed by atoms with Gasteiger partial charge in [-0.3, -0.25) is 0 Å². The Balaban J connectivity index is 1.72. The maximum atomic E-state index is 5.30. The van der Waals surface area contributed by atoms with E-state index in [1.807, 2.05) is 0 Å². The van der Waals surface area contributed by atoms with Crippen molar-refractivity contribution in [1.82, 2.24) is 5.32 Å². The van der Waals surface area contributed by atoms with Crippen LogP contribution < -0.4 is 5.32 Å². The third-order valence-electron chi connectivity index (χ3n) is 4.75. The molecule has 1 heteroatoms. The van der Waals surface area contributed by atoms with E-state index < -0.39 is 0 Å². The molecule has 0 spiro atoms. The van der Waals surface area contributed by atoms with Crippen molar-refractivity contribution in [3.05, 3.63) is 0 Å². The predicted molar refractivity (Wildman–Crippen MR) is 69.1 cm³/mol. The van der Waals surface area contributed by atoms with Crippen molar-refractivity contribution in [3.63, 3.8) is 0 Å². The minimum absolute atomic E-state index is 0.706. The van der Waals surface area contributed by atoms with Crippen LogP contribution in [0.2, 0.25) is 0 Å². The molecule has 0 saturated heterocycles. The molecular formula is C15H25N. The number of nitrogens with one attached hydrogen (secondary N) is 1. The van der Waals surface area contributed by atoms with Gasteiger partial charge in [0, 0.05) is 12.5 Å². The van der Waals surface area contributed by atoms with Gasteiger partial charge in [0.2, 0.25) is 0 Å². The second kappa shape index (κ2) is 5.73. The van der Waals surface area contributed by atoms with Gasteiger partial charge in [-0.05, 0) is 63.3 Å². The molecule has 16 heavy (non-hydrogen) atoms. The Hall–Kier alpha value is -0.480. The molecule has 0 aromatic heterocycles. The molecule has 0 aliphatic heterocycles. The van der Waals surface area contributed by atoms with E-state index in [-0.39, 0.29) is 0 Å². The molecule has 4 unspecified atom stereocenters. The minimum atomic E-state index is 0.706. The smallest absolute Gasteiger partial charge is 0.00866 e. The van der Waals surface area contributed by atoms with Gasteiger partial charge in [0.05, 0.1) is 0 Å². The molecule has 2 rings (SSSR count). The molecule has 0 heterocycles. The fraction of sp³-hybridized carbons (Fsp3) is 0.867. The first-order valence-corrected chi connectivity index (χ1v) is 6.94. The average molecular weight is 219 g/mol. The highest BCUT2D eigenvalue weighted by atomic mass is 14.9. The number of rotatable bonds is 6. The Bertz CT molecular complexity index is 253. The fourth-order valence-corrected chi connectivity index (χ4v) is 3.86. The van der Waals surface area contributed by atoms with Crippen molar-refractivity contribution >= 4 is 0 Å². The van der Waals surface area contributed by atoms with E-state index in [2.05, 4.69) is 18.3 Å². The van der Waals surface area contributed by atoms with Gasteiger partial charge in [-0.15, -0.1) is 12.3 Å². The molecule has 4 atom stereocenters. The van der Waals surface area contributed by atoms with E-state index in [9.17, 15) is 0 Å². The zero-order valence-corrected chi connectivity index (χ0v) is 10.5. The summed E-state index contributed by atoms with van der Waals surface area (Å²) in [6.45, 7) is 0. The number of hydrogen-bond acceptors (Lipinski definition) is 1. The largest absolute Gasteiger partial charge is 0.317 e. The molecule has 2 saturated carbocycles. The highest BCUT2D eigenvalue weighted by molar-refractivity contribution is 4.92. The first kappa shape index (κ1) is 12.0. The summed E-state index contributed by atoms with van der Waals surface area (Å²) in [4.78, 5) is 0. The molecule has 0 amide bonds. The molecule has 2 fully saturated rings. The minimum Gasteiger partial charge on any atom is -0.317 e. The van der Waals surface area contributed by atoms with E-state index in [1.165, 1.54) is 44.9 Å². The molecule has 2 aliphatic rings. The van der Waals surface area contributed by atoms with Crippen LogP contribution in [0.15, 0.2) is 0 Å². The average Bonchev–Trinajstić information content (AvgIpc) is 2.89. The molecule has 0 radical (unpaired) electrons. The summed E-state index contributed by atoms with van der Waals surface area (Å²) in [6, 6.07) is 0.706. The van der Waals surface area contributed by atoms with E-state index in [0.717, 1.165) is 24.2 Å². The summed E-state index contributed by atoms with van der Waals surface area (Å²) in [5, 5.41) is 3.48. The molecule has 2 bridgehead atoms. The topological polar surface area (TPSA) is 12.0 Å². The molecule has 2 aliphatic carbocycles. The number of fused-ring (bicyclic) bond motifs is 2. The zero-order chi connectivity index (χ0) is 11.4. The third kappa shape index (κ3) is 2.80. The van der Waals surface area contributed by atoms with Gasteiger partial charge in [-0.1, -0.05) is 6.42 Å². The van der Waals surface area contributed by atoms with Gasteiger partial charge in [0.25, 0.3) is 0 Å². The SMILES string of the molecule is C#CCCCC(CC1CC2CCC1C2)NC. The van der Waals surface area contributed by atoms with Crippen LogP contribution in [0.1, 0.15) is 51.4 Å². The van der Waals surface area contributed by atoms with Crippen LogP contribution in [0.5, 0.6) is 0 Å². The normalized spacial score (nSPS) is 33.9. The van der Waals surface area contributed by atoms with Gasteiger partial charge in [0.1, 0.15) is 0 Å². The summed E-state index contributed by atoms with van der Waals surface area (Å²) in [6.07, 6.45) is 16.1. The van der Waals surface area contributed by atoms with Crippen molar-refractivity contribution in [2.75, 3.05) is 7.05 Å². The molecule has 0 aromatic carbocycles. The number of terminal acetylenes is 1. The van der Waals surface area contributed by atoms with E-state index in [1.54, 1.807) is 0 Å². The molecule has 0 aromatic rings. The van der Waals surface area contributed by atoms with Crippen LogP contribution in [0, 0.1) is 30.1 Å². The summed E-state index contributed by atoms with van der Waals surface area (Å²) >= 11 is 0. The Morgan fingerprint density at radius 1 is 1.38 bits per heavy atom. The second-order valence-electron chi connectivity index (χ2n) is 5.75. The van der Waals surface area contributed by atoms with Crippen LogP contribution in [-0.4, -0.2) is 13.1 Å². The van der Waals surface area contributed by atoms with Gasteiger partial charge in [-0.25, -0.2) is 0 Å². The first-order valence-electron chi connectivity index (χ1n) is 6.94. The fourth-order valence-electron chi connectivity index (χ4n) is 3.86. The lowest BCUT2D eigenvalue weighted by atomic mass is 9.83. The summed E-state index contributed by atoms with van der Waals surface area (Å²) in [5.41, 5.74) is 0. The lowest BCUT2D eigenvalue weighted by molar-refractivity contribution is 0.275. The molecule has 90 valence electrons. The van der Waals surface area contributed by atoms with Crippen molar-refractivity contribution < 1.29 is 0 Å². The predicted octanol–water partition coefficient (Wildman–Crippen LogP) is 3.20. The first-order chi connectivity index (χ1) is 7.83. The van der Waals surface area contributed by atoms with Crippen LogP contribution in [0.3, 0.4) is 0 Å². The molecule has 1 nitrogen and oxygen atoms in total. The second-order valence-corrected chi connectivity index (χ2v) is 5.75. The van der Waals surface area contributed by atoms with Crippen LogP contribution >= 0.6 is 0 Å². The zero-order valence-electron chi connectivity index (χ0n) is 10.5. The summed E-state index contributed by atoms with van der Waals surface area (Å²) in [7, 11) is 2.10. The van der Waals surface area contributed by atoms with Crippen LogP contribution in [-0.2, 0) is 0 Å². The summed E-state index contributed by atoms with van der Waals surface area (Å²) < 4.78 is 0. The van der Waals surface area contributed by atoms with E-state index >= 15 is 0 Å². The Morgan fingerprint density at radius 3 is 2.81 bits per heavy atom. The summed E-state index contributed by atoms with van der Waals surface area (Å²) in [5.74, 6) is 5.90. The van der Waals surface area contributed by atoms with Crippen molar-refractivity contribution in [1.29, 1.82) is 0 Å². The highest BCUT2D eigenvalue weighted by Gasteiger charge is 2.39. The van der Waals surface area contributed by atoms with Crippen molar-refractivity contribution in [2.45, 2.75) is 57.4 Å². The van der Waals surface area contributed by atoms with E-state index in [0.29, 0.717) is 6.04 Å². The maximum absolute atomic E-state index is 5.30. The standard InChI is InChI=1S/C15H25N/c1-3-4-5-6-15(16-2)11-14-10-12-7-8-13(14)9-12/h1,12-16H,4-11H2,2H3. The van der Waals surface area contributed by atoms with Crippen LogP contribution in [0.25, 0.3) is 0 Å². The third-order valence-corrected chi connectivity index (χ3v) is 4.75. The number of unbranched alkanes of at least 4 members (excludes halogenated alkanes) is 1. The number of hydrogen-bond donors (Lipinski definition) is 1. The Morgan fingerprint density at radius 2 is 2.25 bits per heavy atom. The van der Waals surface area contributed by atoms with Crippen molar-refractivity contribution in [2.24, 2.45) is 17.8 Å². The quantitative estimate of drug-likeness (QED) is 0.534. The monoisotopic (exact) mass is 219 g/mol. The van der Waals surface area contributed by atoms with Crippen molar-refractivity contribution in [3.8, 4) is 12.3 Å². The Kier molecular flexibility index (Phi) is 4.29. The van der Waals surface area contributed by atoms with Gasteiger partial charge < -0.3 is 5.32 Å². The van der Waals surface area contributed by atoms with E-state index in [4.69, 9.17) is 6.42 Å². The maximum Gasteiger partial charge on any atom is 0.00866 e. The Labute approximate surface area is 100 Å². The highest BCUT2D eigenvalue weighted by Crippen LogP contribution is 2.50. The van der Waals surface area contributed by atoms with Gasteiger partial charge in [0.15, 0.2) is 0 Å². The van der Waals surface area contributed by atoms with Gasteiger partial charge >= 0.3 is 0 Å². The van der Waals surface area contributed by atoms with Crippen LogP contribution in [0.4, 0.5) is 0 Å².